The van der Waals surface area contributed by atoms with E-state index in [1.807, 2.05) is 0 Å². The first-order valence-electron chi connectivity index (χ1n) is 12.6. The van der Waals surface area contributed by atoms with Crippen molar-refractivity contribution in [3.8, 4) is 0 Å². The predicted molar refractivity (Wildman–Crippen MR) is 129 cm³/mol. The molecule has 0 amide bonds. The van der Waals surface area contributed by atoms with Crippen molar-refractivity contribution >= 4 is 5.97 Å². The third-order valence-electron chi connectivity index (χ3n) is 5.55. The van der Waals surface area contributed by atoms with E-state index in [2.05, 4.69) is 13.8 Å². The minimum atomic E-state index is -0.879. The van der Waals surface area contributed by atoms with Crippen molar-refractivity contribution in [1.82, 2.24) is 0 Å². The van der Waals surface area contributed by atoms with Crippen LogP contribution < -0.4 is 0 Å². The first-order chi connectivity index (χ1) is 14.6. The van der Waals surface area contributed by atoms with Crippen LogP contribution in [0.3, 0.4) is 0 Å². The lowest BCUT2D eigenvalue weighted by atomic mass is 10.0. The molecule has 0 heterocycles. The van der Waals surface area contributed by atoms with Crippen LogP contribution in [0.4, 0.5) is 0 Å². The molecule has 0 aliphatic heterocycles. The van der Waals surface area contributed by atoms with Crippen LogP contribution in [0.25, 0.3) is 0 Å². The SMILES string of the molecule is CCCCCCCCCCCC(O)CCCCCCCC.O=C(O)c1ccccc1. The Morgan fingerprint density at radius 2 is 1.03 bits per heavy atom. The Morgan fingerprint density at radius 1 is 0.667 bits per heavy atom. The van der Waals surface area contributed by atoms with Gasteiger partial charge in [0, 0.05) is 0 Å². The van der Waals surface area contributed by atoms with E-state index >= 15 is 0 Å². The van der Waals surface area contributed by atoms with E-state index in [-0.39, 0.29) is 6.10 Å². The predicted octanol–water partition coefficient (Wildman–Crippen LogP) is 8.40. The van der Waals surface area contributed by atoms with E-state index in [1.165, 1.54) is 96.3 Å². The van der Waals surface area contributed by atoms with Gasteiger partial charge in [-0.05, 0) is 25.0 Å². The van der Waals surface area contributed by atoms with Crippen LogP contribution in [0.1, 0.15) is 133 Å². The quantitative estimate of drug-likeness (QED) is 0.234. The molecule has 1 atom stereocenters. The molecule has 174 valence electrons. The molecule has 0 radical (unpaired) electrons. The number of carboxylic acids is 1. The zero-order valence-corrected chi connectivity index (χ0v) is 19.8. The van der Waals surface area contributed by atoms with E-state index < -0.39 is 5.97 Å². The Kier molecular flexibility index (Phi) is 21.3. The number of benzene rings is 1. The molecule has 1 aromatic carbocycles. The van der Waals surface area contributed by atoms with Crippen LogP contribution >= 0.6 is 0 Å². The van der Waals surface area contributed by atoms with Gasteiger partial charge in [0.2, 0.25) is 0 Å². The number of aliphatic hydroxyl groups is 1. The maximum atomic E-state index is 10.2. The highest BCUT2D eigenvalue weighted by molar-refractivity contribution is 5.87. The maximum Gasteiger partial charge on any atom is 0.335 e. The molecule has 2 N–H and O–H groups in total. The van der Waals surface area contributed by atoms with Gasteiger partial charge in [-0.15, -0.1) is 0 Å². The third-order valence-corrected chi connectivity index (χ3v) is 5.55. The molecule has 1 unspecified atom stereocenters. The summed E-state index contributed by atoms with van der Waals surface area (Å²) in [6.07, 6.45) is 22.3. The molecule has 0 fully saturated rings. The fourth-order valence-electron chi connectivity index (χ4n) is 3.58. The summed E-state index contributed by atoms with van der Waals surface area (Å²) in [7, 11) is 0. The van der Waals surface area contributed by atoms with Crippen molar-refractivity contribution in [1.29, 1.82) is 0 Å². The molecule has 0 aliphatic rings. The van der Waals surface area contributed by atoms with Crippen molar-refractivity contribution in [2.75, 3.05) is 0 Å². The number of hydrogen-bond donors (Lipinski definition) is 2. The Bertz CT molecular complexity index is 472. The fourth-order valence-corrected chi connectivity index (χ4v) is 3.58. The van der Waals surface area contributed by atoms with E-state index in [0.29, 0.717) is 5.56 Å². The van der Waals surface area contributed by atoms with Crippen molar-refractivity contribution in [2.24, 2.45) is 0 Å². The first-order valence-corrected chi connectivity index (χ1v) is 12.6. The number of carboxylic acid groups (broad SMARTS) is 1. The van der Waals surface area contributed by atoms with Crippen molar-refractivity contribution in [2.45, 2.75) is 129 Å². The normalized spacial score (nSPS) is 11.6. The van der Waals surface area contributed by atoms with Gasteiger partial charge in [0.15, 0.2) is 0 Å². The number of carbonyl (C=O) groups is 1. The number of rotatable bonds is 18. The summed E-state index contributed by atoms with van der Waals surface area (Å²) >= 11 is 0. The second kappa shape index (κ2) is 22.3. The number of unbranched alkanes of at least 4 members (excludes halogenated alkanes) is 13. The highest BCUT2D eigenvalue weighted by Crippen LogP contribution is 2.14. The van der Waals surface area contributed by atoms with Crippen molar-refractivity contribution in [3.63, 3.8) is 0 Å². The highest BCUT2D eigenvalue weighted by atomic mass is 16.4. The molecule has 3 heteroatoms. The molecule has 30 heavy (non-hydrogen) atoms. The molecule has 0 aliphatic carbocycles. The summed E-state index contributed by atoms with van der Waals surface area (Å²) in [5.74, 6) is -0.879. The second-order valence-electron chi connectivity index (χ2n) is 8.50. The molecular formula is C27H48O3. The lowest BCUT2D eigenvalue weighted by molar-refractivity contribution is 0.0697. The number of hydrogen-bond acceptors (Lipinski definition) is 2. The maximum absolute atomic E-state index is 10.2. The fraction of sp³-hybridized carbons (Fsp3) is 0.741. The van der Waals surface area contributed by atoms with Crippen molar-refractivity contribution in [3.05, 3.63) is 35.9 Å². The number of aromatic carboxylic acids is 1. The van der Waals surface area contributed by atoms with Gasteiger partial charge in [-0.3, -0.25) is 0 Å². The zero-order chi connectivity index (χ0) is 22.3. The molecule has 0 saturated carbocycles. The molecule has 0 saturated heterocycles. The topological polar surface area (TPSA) is 57.5 Å². The Hall–Kier alpha value is -1.35. The van der Waals surface area contributed by atoms with E-state index in [4.69, 9.17) is 5.11 Å². The minimum absolute atomic E-state index is 0.0271. The highest BCUT2D eigenvalue weighted by Gasteiger charge is 2.03. The summed E-state index contributed by atoms with van der Waals surface area (Å²) in [5, 5.41) is 18.3. The van der Waals surface area contributed by atoms with Gasteiger partial charge >= 0.3 is 5.97 Å². The van der Waals surface area contributed by atoms with Crippen LogP contribution in [-0.4, -0.2) is 22.3 Å². The van der Waals surface area contributed by atoms with Crippen LogP contribution in [0.15, 0.2) is 30.3 Å². The first kappa shape index (κ1) is 28.6. The van der Waals surface area contributed by atoms with E-state index in [0.717, 1.165) is 12.8 Å². The molecule has 0 spiro atoms. The van der Waals surface area contributed by atoms with Gasteiger partial charge in [-0.2, -0.15) is 0 Å². The van der Waals surface area contributed by atoms with Crippen LogP contribution in [0.2, 0.25) is 0 Å². The minimum Gasteiger partial charge on any atom is -0.478 e. The Balaban J connectivity index is 0.000000769. The summed E-state index contributed by atoms with van der Waals surface area (Å²) in [5.41, 5.74) is 0.331. The van der Waals surface area contributed by atoms with Gasteiger partial charge in [0.25, 0.3) is 0 Å². The lowest BCUT2D eigenvalue weighted by Crippen LogP contribution is -2.05. The summed E-state index contributed by atoms with van der Waals surface area (Å²) in [6, 6.07) is 8.30. The van der Waals surface area contributed by atoms with E-state index in [9.17, 15) is 9.90 Å². The van der Waals surface area contributed by atoms with Crippen LogP contribution in [0, 0.1) is 0 Å². The van der Waals surface area contributed by atoms with Gasteiger partial charge in [-0.1, -0.05) is 128 Å². The molecule has 3 nitrogen and oxygen atoms in total. The zero-order valence-electron chi connectivity index (χ0n) is 19.8. The van der Waals surface area contributed by atoms with Gasteiger partial charge in [-0.25, -0.2) is 4.79 Å². The second-order valence-corrected chi connectivity index (χ2v) is 8.50. The average molecular weight is 421 g/mol. The lowest BCUT2D eigenvalue weighted by Gasteiger charge is -2.10. The average Bonchev–Trinajstić information content (AvgIpc) is 2.76. The van der Waals surface area contributed by atoms with Gasteiger partial charge in [0.1, 0.15) is 0 Å². The Morgan fingerprint density at radius 3 is 1.37 bits per heavy atom. The summed E-state index contributed by atoms with van der Waals surface area (Å²) in [6.45, 7) is 4.53. The molecule has 0 bridgehead atoms. The van der Waals surface area contributed by atoms with Crippen molar-refractivity contribution < 1.29 is 15.0 Å². The number of aliphatic hydroxyl groups excluding tert-OH is 1. The van der Waals surface area contributed by atoms with Gasteiger partial charge in [0.05, 0.1) is 11.7 Å². The largest absolute Gasteiger partial charge is 0.478 e. The molecule has 1 aromatic rings. The standard InChI is InChI=1S/C20H42O.C7H6O2/c1-3-5-7-9-11-12-13-15-17-19-20(21)18-16-14-10-8-6-4-2;8-7(9)6-4-2-1-3-5-6/h20-21H,3-19H2,1-2H3;1-5H,(H,8,9). The monoisotopic (exact) mass is 420 g/mol. The Labute approximate surface area is 186 Å². The summed E-state index contributed by atoms with van der Waals surface area (Å²) < 4.78 is 0. The smallest absolute Gasteiger partial charge is 0.335 e. The van der Waals surface area contributed by atoms with Crippen LogP contribution in [0.5, 0.6) is 0 Å². The molecule has 1 rings (SSSR count). The van der Waals surface area contributed by atoms with Crippen LogP contribution in [-0.2, 0) is 0 Å². The third kappa shape index (κ3) is 19.9. The van der Waals surface area contributed by atoms with Gasteiger partial charge < -0.3 is 10.2 Å². The van der Waals surface area contributed by atoms with E-state index in [1.54, 1.807) is 30.3 Å². The molecular weight excluding hydrogens is 372 g/mol. The summed E-state index contributed by atoms with van der Waals surface area (Å²) in [4.78, 5) is 10.2. The molecule has 0 aromatic heterocycles.